The Morgan fingerprint density at radius 3 is 2.47 bits per heavy atom. The highest BCUT2D eigenvalue weighted by Gasteiger charge is 2.52. The first-order chi connectivity index (χ1) is 15.8. The van der Waals surface area contributed by atoms with Crippen molar-refractivity contribution in [1.29, 1.82) is 0 Å². The maximum absolute atomic E-state index is 14.7. The molecule has 0 aromatic heterocycles. The van der Waals surface area contributed by atoms with Gasteiger partial charge < -0.3 is 28.4 Å². The van der Waals surface area contributed by atoms with Gasteiger partial charge >= 0.3 is 13.2 Å². The van der Waals surface area contributed by atoms with Crippen LogP contribution in [0.4, 0.5) is 9.18 Å². The molecule has 1 aromatic carbocycles. The molecule has 2 aliphatic rings. The van der Waals surface area contributed by atoms with E-state index in [9.17, 15) is 9.18 Å². The van der Waals surface area contributed by atoms with Crippen LogP contribution in [0.2, 0.25) is 0 Å². The molecule has 1 aromatic rings. The zero-order valence-electron chi connectivity index (χ0n) is 21.6. The lowest BCUT2D eigenvalue weighted by Gasteiger charge is -2.32. The van der Waals surface area contributed by atoms with Gasteiger partial charge in [0.1, 0.15) is 17.2 Å². The van der Waals surface area contributed by atoms with Gasteiger partial charge in [0.2, 0.25) is 0 Å². The van der Waals surface area contributed by atoms with Crippen LogP contribution in [0.25, 0.3) is 0 Å². The zero-order valence-corrected chi connectivity index (χ0v) is 21.6. The number of carbonyl (C=O) groups is 1. The molecule has 0 saturated carbocycles. The fourth-order valence-electron chi connectivity index (χ4n) is 3.90. The number of amides is 1. The highest BCUT2D eigenvalue weighted by atomic mass is 19.1. The van der Waals surface area contributed by atoms with Gasteiger partial charge in [-0.25, -0.2) is 9.18 Å². The minimum Gasteiger partial charge on any atom is -0.493 e. The van der Waals surface area contributed by atoms with Gasteiger partial charge in [0.05, 0.1) is 30.5 Å². The molecule has 9 heteroatoms. The molecule has 2 saturated heterocycles. The van der Waals surface area contributed by atoms with Crippen molar-refractivity contribution in [3.05, 3.63) is 24.0 Å². The van der Waals surface area contributed by atoms with Gasteiger partial charge in [-0.3, -0.25) is 0 Å². The molecule has 1 atom stereocenters. The number of benzene rings is 1. The van der Waals surface area contributed by atoms with E-state index < -0.39 is 29.7 Å². The molecule has 0 bridgehead atoms. The second-order valence-electron chi connectivity index (χ2n) is 11.0. The van der Waals surface area contributed by atoms with Crippen LogP contribution in [0.3, 0.4) is 0 Å². The van der Waals surface area contributed by atoms with Crippen LogP contribution < -0.4 is 10.2 Å². The van der Waals surface area contributed by atoms with Crippen molar-refractivity contribution in [1.82, 2.24) is 4.90 Å². The van der Waals surface area contributed by atoms with Crippen LogP contribution in [0.5, 0.6) is 5.75 Å². The quantitative estimate of drug-likeness (QED) is 0.409. The molecule has 190 valence electrons. The summed E-state index contributed by atoms with van der Waals surface area (Å²) in [5.41, 5.74) is -1.20. The van der Waals surface area contributed by atoms with E-state index in [1.54, 1.807) is 17.0 Å². The lowest BCUT2D eigenvalue weighted by atomic mass is 9.78. The lowest BCUT2D eigenvalue weighted by molar-refractivity contribution is 0.00578. The van der Waals surface area contributed by atoms with Crippen molar-refractivity contribution in [2.45, 2.75) is 90.6 Å². The number of hydrogen-bond acceptors (Lipinski definition) is 6. The fourth-order valence-corrected chi connectivity index (χ4v) is 3.90. The Balaban J connectivity index is 1.39. The molecule has 0 N–H and O–H groups in total. The summed E-state index contributed by atoms with van der Waals surface area (Å²) in [4.78, 5) is 14.1. The number of carbonyl (C=O) groups excluding carboxylic acids is 1. The van der Waals surface area contributed by atoms with E-state index in [0.717, 1.165) is 12.8 Å². The third kappa shape index (κ3) is 6.64. The van der Waals surface area contributed by atoms with Crippen molar-refractivity contribution in [2.75, 3.05) is 26.4 Å². The Hall–Kier alpha value is -1.84. The predicted octanol–water partition coefficient (Wildman–Crippen LogP) is 4.31. The Bertz CT molecular complexity index is 840. The van der Waals surface area contributed by atoms with Gasteiger partial charge in [-0.1, -0.05) is 6.07 Å². The standard InChI is InChI=1S/C25H39BFNO6/c1-23(2,3)32-22(29)28-13-8-10-18(28)17-30-14-9-15-31-19-11-12-20(21(27)16-19)26-33-24(4,5)25(6,7)34-26/h11-12,16,18H,8-10,13-15,17H2,1-7H3. The first-order valence-corrected chi connectivity index (χ1v) is 12.1. The van der Waals surface area contributed by atoms with Crippen molar-refractivity contribution >= 4 is 18.7 Å². The summed E-state index contributed by atoms with van der Waals surface area (Å²) in [7, 11) is -0.747. The van der Waals surface area contributed by atoms with E-state index >= 15 is 0 Å². The van der Waals surface area contributed by atoms with E-state index in [0.29, 0.717) is 44.0 Å². The Labute approximate surface area is 203 Å². The van der Waals surface area contributed by atoms with E-state index in [1.165, 1.54) is 6.07 Å². The molecule has 2 heterocycles. The molecule has 0 aliphatic carbocycles. The minimum absolute atomic E-state index is 0.0346. The third-order valence-corrected chi connectivity index (χ3v) is 6.50. The van der Waals surface area contributed by atoms with Gasteiger partial charge in [0.15, 0.2) is 0 Å². The molecule has 34 heavy (non-hydrogen) atoms. The molecule has 2 fully saturated rings. The van der Waals surface area contributed by atoms with Gasteiger partial charge in [-0.15, -0.1) is 0 Å². The van der Waals surface area contributed by atoms with Crippen LogP contribution in [0.15, 0.2) is 18.2 Å². The normalized spacial score (nSPS) is 21.7. The molecule has 2 aliphatic heterocycles. The highest BCUT2D eigenvalue weighted by molar-refractivity contribution is 6.62. The number of ether oxygens (including phenoxy) is 3. The molecule has 1 amide bonds. The van der Waals surface area contributed by atoms with Crippen molar-refractivity contribution in [3.8, 4) is 5.75 Å². The summed E-state index contributed by atoms with van der Waals surface area (Å²) in [5, 5.41) is 0. The average Bonchev–Trinajstić information content (AvgIpc) is 3.25. The molecule has 0 radical (unpaired) electrons. The molecular weight excluding hydrogens is 440 g/mol. The fraction of sp³-hybridized carbons (Fsp3) is 0.720. The van der Waals surface area contributed by atoms with Crippen molar-refractivity contribution in [2.24, 2.45) is 0 Å². The Kier molecular flexibility index (Phi) is 8.20. The number of rotatable bonds is 8. The van der Waals surface area contributed by atoms with E-state index in [4.69, 9.17) is 23.5 Å². The molecular formula is C25H39BFNO6. The minimum atomic E-state index is -0.747. The molecule has 0 spiro atoms. The SMILES string of the molecule is CC(C)(C)OC(=O)N1CCCC1COCCCOc1ccc(B2OC(C)(C)C(C)(C)O2)c(F)c1. The third-order valence-electron chi connectivity index (χ3n) is 6.50. The Morgan fingerprint density at radius 2 is 1.85 bits per heavy atom. The number of hydrogen-bond donors (Lipinski definition) is 0. The second kappa shape index (κ2) is 10.4. The monoisotopic (exact) mass is 479 g/mol. The van der Waals surface area contributed by atoms with E-state index in [-0.39, 0.29) is 12.1 Å². The molecule has 1 unspecified atom stereocenters. The van der Waals surface area contributed by atoms with Crippen LogP contribution in [-0.4, -0.2) is 67.3 Å². The second-order valence-corrected chi connectivity index (χ2v) is 11.0. The van der Waals surface area contributed by atoms with Gasteiger partial charge in [0, 0.05) is 31.1 Å². The van der Waals surface area contributed by atoms with Crippen molar-refractivity contribution < 1.29 is 32.7 Å². The maximum atomic E-state index is 14.7. The summed E-state index contributed by atoms with van der Waals surface area (Å²) in [6.45, 7) is 15.4. The molecule has 7 nitrogen and oxygen atoms in total. The van der Waals surface area contributed by atoms with Crippen LogP contribution in [0.1, 0.15) is 67.7 Å². The molecule has 3 rings (SSSR count). The number of nitrogens with zero attached hydrogens (tertiary/aromatic N) is 1. The Morgan fingerprint density at radius 1 is 1.18 bits per heavy atom. The van der Waals surface area contributed by atoms with Crippen LogP contribution in [0, 0.1) is 5.82 Å². The van der Waals surface area contributed by atoms with Crippen LogP contribution >= 0.6 is 0 Å². The average molecular weight is 479 g/mol. The predicted molar refractivity (Wildman–Crippen MR) is 129 cm³/mol. The summed E-state index contributed by atoms with van der Waals surface area (Å²) in [6.07, 6.45) is 2.22. The van der Waals surface area contributed by atoms with E-state index in [1.807, 2.05) is 48.5 Å². The smallest absolute Gasteiger partial charge is 0.493 e. The number of halogens is 1. The van der Waals surface area contributed by atoms with Gasteiger partial charge in [0.25, 0.3) is 0 Å². The summed E-state index contributed by atoms with van der Waals surface area (Å²) in [6, 6.07) is 4.77. The zero-order chi connectivity index (χ0) is 25.1. The highest BCUT2D eigenvalue weighted by Crippen LogP contribution is 2.36. The first kappa shape index (κ1) is 26.8. The van der Waals surface area contributed by atoms with E-state index in [2.05, 4.69) is 0 Å². The first-order valence-electron chi connectivity index (χ1n) is 12.1. The van der Waals surface area contributed by atoms with Crippen molar-refractivity contribution in [3.63, 3.8) is 0 Å². The lowest BCUT2D eigenvalue weighted by Crippen LogP contribution is -2.41. The van der Waals surface area contributed by atoms with Gasteiger partial charge in [-0.2, -0.15) is 0 Å². The number of likely N-dealkylation sites (tertiary alicyclic amines) is 1. The van der Waals surface area contributed by atoms with Crippen LogP contribution in [-0.2, 0) is 18.8 Å². The topological polar surface area (TPSA) is 66.5 Å². The maximum Gasteiger partial charge on any atom is 0.497 e. The summed E-state index contributed by atoms with van der Waals surface area (Å²) in [5.74, 6) is 0.0281. The summed E-state index contributed by atoms with van der Waals surface area (Å²) < 4.78 is 43.5. The largest absolute Gasteiger partial charge is 0.497 e. The summed E-state index contributed by atoms with van der Waals surface area (Å²) >= 11 is 0. The van der Waals surface area contributed by atoms with Gasteiger partial charge in [-0.05, 0) is 67.4 Å².